The average molecular weight is 358 g/mol. The third-order valence-electron chi connectivity index (χ3n) is 4.00. The molecule has 26 heavy (non-hydrogen) atoms. The van der Waals surface area contributed by atoms with Crippen LogP contribution in [0.2, 0.25) is 0 Å². The van der Waals surface area contributed by atoms with E-state index in [0.717, 1.165) is 11.4 Å². The third-order valence-corrected chi connectivity index (χ3v) is 4.00. The highest BCUT2D eigenvalue weighted by Gasteiger charge is 2.23. The van der Waals surface area contributed by atoms with E-state index >= 15 is 0 Å². The first-order chi connectivity index (χ1) is 12.7. The Hall–Kier alpha value is -3.10. The van der Waals surface area contributed by atoms with E-state index < -0.39 is 0 Å². The fourth-order valence-electron chi connectivity index (χ4n) is 2.61. The van der Waals surface area contributed by atoms with Crippen molar-refractivity contribution in [1.29, 1.82) is 0 Å². The smallest absolute Gasteiger partial charge is 0.409 e. The lowest BCUT2D eigenvalue weighted by Gasteiger charge is -2.33. The zero-order valence-corrected chi connectivity index (χ0v) is 14.9. The normalized spacial score (nSPS) is 14.1. The third kappa shape index (κ3) is 4.29. The molecule has 1 fully saturated rings. The molecule has 3 rings (SSSR count). The summed E-state index contributed by atoms with van der Waals surface area (Å²) in [6, 6.07) is 7.54. The van der Waals surface area contributed by atoms with E-state index in [1.807, 2.05) is 29.2 Å². The molecule has 1 N–H and O–H groups in total. The molecular formula is C17H22N6O3. The van der Waals surface area contributed by atoms with Crippen LogP contribution in [0.5, 0.6) is 5.75 Å². The Labute approximate surface area is 151 Å². The van der Waals surface area contributed by atoms with Crippen LogP contribution in [0.15, 0.2) is 30.5 Å². The van der Waals surface area contributed by atoms with Gasteiger partial charge in [-0.15, -0.1) is 5.10 Å². The quantitative estimate of drug-likeness (QED) is 0.866. The number of anilines is 3. The minimum atomic E-state index is -0.277. The van der Waals surface area contributed by atoms with Gasteiger partial charge in [0, 0.05) is 31.9 Å². The van der Waals surface area contributed by atoms with Crippen molar-refractivity contribution >= 4 is 23.5 Å². The van der Waals surface area contributed by atoms with Crippen molar-refractivity contribution in [3.05, 3.63) is 30.5 Å². The molecule has 0 saturated carbocycles. The molecule has 1 aliphatic rings. The first-order valence-corrected chi connectivity index (χ1v) is 8.47. The lowest BCUT2D eigenvalue weighted by Crippen LogP contribution is -2.49. The second kappa shape index (κ2) is 8.32. The van der Waals surface area contributed by atoms with Crippen LogP contribution in [-0.2, 0) is 4.74 Å². The summed E-state index contributed by atoms with van der Waals surface area (Å²) < 4.78 is 10.2. The highest BCUT2D eigenvalue weighted by atomic mass is 16.6. The number of aromatic nitrogens is 3. The molecule has 1 aromatic carbocycles. The van der Waals surface area contributed by atoms with Crippen molar-refractivity contribution in [2.24, 2.45) is 0 Å². The Morgan fingerprint density at radius 2 is 1.92 bits per heavy atom. The Balaban J connectivity index is 1.61. The van der Waals surface area contributed by atoms with Gasteiger partial charge in [0.15, 0.2) is 5.82 Å². The maximum atomic E-state index is 11.8. The van der Waals surface area contributed by atoms with Crippen LogP contribution in [0, 0.1) is 0 Å². The summed E-state index contributed by atoms with van der Waals surface area (Å²) in [4.78, 5) is 20.0. The minimum absolute atomic E-state index is 0.277. The van der Waals surface area contributed by atoms with Gasteiger partial charge in [-0.25, -0.2) is 4.79 Å². The number of benzene rings is 1. The van der Waals surface area contributed by atoms with Crippen LogP contribution in [0.25, 0.3) is 0 Å². The molecule has 2 heterocycles. The molecule has 138 valence electrons. The highest BCUT2D eigenvalue weighted by molar-refractivity contribution is 5.68. The molecule has 0 aliphatic carbocycles. The summed E-state index contributed by atoms with van der Waals surface area (Å²) in [6.45, 7) is 4.58. The predicted molar refractivity (Wildman–Crippen MR) is 96.9 cm³/mol. The van der Waals surface area contributed by atoms with E-state index in [1.165, 1.54) is 0 Å². The van der Waals surface area contributed by atoms with E-state index in [4.69, 9.17) is 9.47 Å². The first kappa shape index (κ1) is 17.7. The molecule has 0 unspecified atom stereocenters. The van der Waals surface area contributed by atoms with Gasteiger partial charge in [0.05, 0.1) is 19.9 Å². The molecule has 9 heteroatoms. The monoisotopic (exact) mass is 358 g/mol. The zero-order valence-electron chi connectivity index (χ0n) is 14.9. The van der Waals surface area contributed by atoms with Crippen LogP contribution >= 0.6 is 0 Å². The number of nitrogens with zero attached hydrogens (tertiary/aromatic N) is 5. The topological polar surface area (TPSA) is 92.7 Å². The molecule has 0 radical (unpaired) electrons. The number of carbonyl (C=O) groups excluding carboxylic acids is 1. The summed E-state index contributed by atoms with van der Waals surface area (Å²) in [5, 5.41) is 11.3. The maximum absolute atomic E-state index is 11.8. The van der Waals surface area contributed by atoms with Crippen molar-refractivity contribution in [1.82, 2.24) is 20.1 Å². The van der Waals surface area contributed by atoms with Crippen LogP contribution in [0.3, 0.4) is 0 Å². The van der Waals surface area contributed by atoms with Gasteiger partial charge < -0.3 is 24.6 Å². The van der Waals surface area contributed by atoms with E-state index in [9.17, 15) is 4.79 Å². The lowest BCUT2D eigenvalue weighted by atomic mass is 10.3. The SMILES string of the molecule is CCOC(=O)N1CCN(c2nncc(Nc3ccc(OC)cc3)n2)CC1. The molecule has 0 atom stereocenters. The van der Waals surface area contributed by atoms with E-state index in [1.54, 1.807) is 25.1 Å². The Morgan fingerprint density at radius 1 is 1.19 bits per heavy atom. The summed E-state index contributed by atoms with van der Waals surface area (Å²) in [6.07, 6.45) is 1.30. The minimum Gasteiger partial charge on any atom is -0.497 e. The number of ether oxygens (including phenoxy) is 2. The molecule has 2 aromatic rings. The van der Waals surface area contributed by atoms with Crippen molar-refractivity contribution in [2.45, 2.75) is 6.92 Å². The number of nitrogens with one attached hydrogen (secondary N) is 1. The standard InChI is InChI=1S/C17H22N6O3/c1-3-26-17(24)23-10-8-22(9-11-23)16-20-15(12-18-21-16)19-13-4-6-14(25-2)7-5-13/h4-7,12H,3,8-11H2,1-2H3,(H,19,20,21). The van der Waals surface area contributed by atoms with Gasteiger partial charge in [-0.05, 0) is 31.2 Å². The van der Waals surface area contributed by atoms with E-state index in [2.05, 4.69) is 20.5 Å². The zero-order chi connectivity index (χ0) is 18.4. The fraction of sp³-hybridized carbons (Fsp3) is 0.412. The van der Waals surface area contributed by atoms with Gasteiger partial charge in [0.1, 0.15) is 5.75 Å². The Bertz CT molecular complexity index is 732. The molecule has 1 aromatic heterocycles. The number of hydrogen-bond acceptors (Lipinski definition) is 8. The van der Waals surface area contributed by atoms with Gasteiger partial charge in [0.2, 0.25) is 5.95 Å². The second-order valence-electron chi connectivity index (χ2n) is 5.67. The first-order valence-electron chi connectivity index (χ1n) is 8.47. The van der Waals surface area contributed by atoms with Crippen molar-refractivity contribution in [3.8, 4) is 5.75 Å². The van der Waals surface area contributed by atoms with Gasteiger partial charge in [-0.2, -0.15) is 10.1 Å². The summed E-state index contributed by atoms with van der Waals surface area (Å²) in [5.74, 6) is 1.93. The highest BCUT2D eigenvalue weighted by Crippen LogP contribution is 2.19. The van der Waals surface area contributed by atoms with Crippen LogP contribution in [0.1, 0.15) is 6.92 Å². The Kier molecular flexibility index (Phi) is 5.67. The molecule has 9 nitrogen and oxygen atoms in total. The van der Waals surface area contributed by atoms with Gasteiger partial charge >= 0.3 is 6.09 Å². The van der Waals surface area contributed by atoms with Gasteiger partial charge in [-0.3, -0.25) is 0 Å². The average Bonchev–Trinajstić information content (AvgIpc) is 2.69. The number of methoxy groups -OCH3 is 1. The second-order valence-corrected chi connectivity index (χ2v) is 5.67. The number of piperazine rings is 1. The van der Waals surface area contributed by atoms with Crippen LogP contribution in [0.4, 0.5) is 22.2 Å². The molecular weight excluding hydrogens is 336 g/mol. The Morgan fingerprint density at radius 3 is 2.58 bits per heavy atom. The maximum Gasteiger partial charge on any atom is 0.409 e. The van der Waals surface area contributed by atoms with Crippen molar-refractivity contribution in [2.75, 3.05) is 50.1 Å². The van der Waals surface area contributed by atoms with Gasteiger partial charge in [-0.1, -0.05) is 0 Å². The van der Waals surface area contributed by atoms with Crippen LogP contribution < -0.4 is 15.0 Å². The number of rotatable bonds is 5. The molecule has 0 bridgehead atoms. The summed E-state index contributed by atoms with van der Waals surface area (Å²) in [5.41, 5.74) is 0.879. The van der Waals surface area contributed by atoms with Gasteiger partial charge in [0.25, 0.3) is 0 Å². The molecule has 1 saturated heterocycles. The fourth-order valence-corrected chi connectivity index (χ4v) is 2.61. The molecule has 0 spiro atoms. The van der Waals surface area contributed by atoms with E-state index in [0.29, 0.717) is 44.6 Å². The number of carbonyl (C=O) groups is 1. The van der Waals surface area contributed by atoms with Crippen molar-refractivity contribution < 1.29 is 14.3 Å². The van der Waals surface area contributed by atoms with Crippen molar-refractivity contribution in [3.63, 3.8) is 0 Å². The van der Waals surface area contributed by atoms with E-state index in [-0.39, 0.29) is 6.09 Å². The number of hydrogen-bond donors (Lipinski definition) is 1. The predicted octanol–water partition coefficient (Wildman–Crippen LogP) is 1.90. The summed E-state index contributed by atoms with van der Waals surface area (Å²) >= 11 is 0. The number of amides is 1. The molecule has 1 amide bonds. The lowest BCUT2D eigenvalue weighted by molar-refractivity contribution is 0.105. The largest absolute Gasteiger partial charge is 0.497 e. The summed E-state index contributed by atoms with van der Waals surface area (Å²) in [7, 11) is 1.63. The molecule has 1 aliphatic heterocycles. The van der Waals surface area contributed by atoms with Crippen LogP contribution in [-0.4, -0.2) is 66.1 Å².